The third-order valence-electron chi connectivity index (χ3n) is 11.8. The van der Waals surface area contributed by atoms with Crippen molar-refractivity contribution >= 4 is 49.7 Å². The molecule has 9 aromatic rings. The summed E-state index contributed by atoms with van der Waals surface area (Å²) in [7, 11) is 2.92. The lowest BCUT2D eigenvalue weighted by Gasteiger charge is -2.15. The highest BCUT2D eigenvalue weighted by Gasteiger charge is 2.30. The normalized spacial score (nSPS) is 13.1. The van der Waals surface area contributed by atoms with Gasteiger partial charge in [0.1, 0.15) is 6.61 Å². The summed E-state index contributed by atoms with van der Waals surface area (Å²) in [5, 5.41) is 7.98. The molecule has 12 heteroatoms. The molecule has 11 rings (SSSR count). The number of pyridine rings is 2. The van der Waals surface area contributed by atoms with Crippen LogP contribution in [-0.2, 0) is 50.4 Å². The van der Waals surface area contributed by atoms with Gasteiger partial charge in [0.15, 0.2) is 23.1 Å². The summed E-state index contributed by atoms with van der Waals surface area (Å²) in [6.07, 6.45) is 0.636. The number of hydrogen-bond donors (Lipinski definition) is 3. The number of aromatic amines is 2. The smallest absolute Gasteiger partial charge is 0.410 e. The molecule has 0 bridgehead atoms. The van der Waals surface area contributed by atoms with Crippen molar-refractivity contribution in [1.82, 2.24) is 30.2 Å². The number of nitrogens with zero attached hydrogens (tertiary/aromatic N) is 3. The van der Waals surface area contributed by atoms with Gasteiger partial charge in [0.2, 0.25) is 0 Å². The van der Waals surface area contributed by atoms with Gasteiger partial charge >= 0.3 is 6.09 Å². The summed E-state index contributed by atoms with van der Waals surface area (Å²) in [6, 6.07) is 36.1. The van der Waals surface area contributed by atoms with E-state index in [1.54, 1.807) is 17.0 Å². The second-order valence-electron chi connectivity index (χ2n) is 15.6. The van der Waals surface area contributed by atoms with E-state index >= 15 is 0 Å². The predicted octanol–water partition coefficient (Wildman–Crippen LogP) is 10.2. The highest BCUT2D eigenvalue weighted by Crippen LogP contribution is 2.38. The van der Waals surface area contributed by atoms with Gasteiger partial charge < -0.3 is 29.5 Å². The van der Waals surface area contributed by atoms with Gasteiger partial charge in [-0.1, -0.05) is 78.9 Å². The van der Waals surface area contributed by atoms with Gasteiger partial charge in [-0.25, -0.2) is 13.6 Å². The number of hydrogen-bond acceptors (Lipinski definition) is 7. The molecular weight excluding hydrogens is 787 g/mol. The molecule has 2 aliphatic heterocycles. The summed E-state index contributed by atoms with van der Waals surface area (Å²) in [4.78, 5) is 31.5. The fourth-order valence-corrected chi connectivity index (χ4v) is 8.80. The lowest BCUT2D eigenvalue weighted by molar-refractivity contribution is 0.0953. The van der Waals surface area contributed by atoms with Crippen molar-refractivity contribution in [2.24, 2.45) is 0 Å². The van der Waals surface area contributed by atoms with Crippen molar-refractivity contribution in [3.8, 4) is 11.5 Å². The summed E-state index contributed by atoms with van der Waals surface area (Å²) in [5.41, 5.74) is 12.6. The van der Waals surface area contributed by atoms with E-state index in [2.05, 4.69) is 39.6 Å². The number of carbonyl (C=O) groups excluding carboxylic acids is 1. The van der Waals surface area contributed by atoms with Crippen molar-refractivity contribution < 1.29 is 27.8 Å². The molecule has 0 aliphatic carbocycles. The van der Waals surface area contributed by atoms with E-state index < -0.39 is 5.82 Å². The van der Waals surface area contributed by atoms with Gasteiger partial charge in [-0.05, 0) is 58.7 Å². The minimum absolute atomic E-state index is 0.209. The molecule has 0 radical (unpaired) electrons. The van der Waals surface area contributed by atoms with Crippen LogP contribution in [-0.4, -0.2) is 45.1 Å². The monoisotopic (exact) mass is 828 g/mol. The zero-order valence-electron chi connectivity index (χ0n) is 34.1. The fourth-order valence-electron chi connectivity index (χ4n) is 8.80. The van der Waals surface area contributed by atoms with E-state index in [0.29, 0.717) is 25.9 Å². The number of para-hydroxylation sites is 2. The number of aromatic nitrogens is 4. The Morgan fingerprint density at radius 2 is 1.18 bits per heavy atom. The van der Waals surface area contributed by atoms with Gasteiger partial charge in [0.25, 0.3) is 0 Å². The fraction of sp³-hybridized carbons (Fsp3) is 0.180. The number of ether oxygens (including phenoxy) is 3. The Morgan fingerprint density at radius 1 is 0.629 bits per heavy atom. The molecule has 0 atom stereocenters. The maximum Gasteiger partial charge on any atom is 0.410 e. The number of H-pyrrole nitrogens is 2. The van der Waals surface area contributed by atoms with E-state index in [1.807, 2.05) is 66.7 Å². The zero-order chi connectivity index (χ0) is 42.3. The summed E-state index contributed by atoms with van der Waals surface area (Å²) in [6.45, 7) is 2.61. The summed E-state index contributed by atoms with van der Waals surface area (Å²) >= 11 is 0. The van der Waals surface area contributed by atoms with Crippen LogP contribution in [0.1, 0.15) is 50.6 Å². The zero-order valence-corrected chi connectivity index (χ0v) is 34.1. The lowest BCUT2D eigenvalue weighted by atomic mass is 10.0. The average Bonchev–Trinajstić information content (AvgIpc) is 4.10. The SMILES string of the molecule is COc1ccc(Cc2nc3c(c4c2[nH]c2ccccc24)CN(C(=O)OCc2ccccc2)C3)cc1F.COc1ccc(Cc2nc3c(c4c2[nH]c2ccccc24)CNC3)cc1F. The third kappa shape index (κ3) is 7.21. The highest BCUT2D eigenvalue weighted by atomic mass is 19.1. The highest BCUT2D eigenvalue weighted by molar-refractivity contribution is 6.11. The molecule has 2 aliphatic rings. The molecule has 4 aromatic heterocycles. The van der Waals surface area contributed by atoms with Crippen LogP contribution in [0, 0.1) is 11.6 Å². The van der Waals surface area contributed by atoms with Crippen molar-refractivity contribution in [1.29, 1.82) is 0 Å². The van der Waals surface area contributed by atoms with E-state index in [1.165, 1.54) is 42.7 Å². The molecule has 3 N–H and O–H groups in total. The Hall–Kier alpha value is -7.31. The molecule has 0 saturated heterocycles. The van der Waals surface area contributed by atoms with Gasteiger partial charge in [-0.15, -0.1) is 0 Å². The van der Waals surface area contributed by atoms with Crippen LogP contribution in [0.5, 0.6) is 11.5 Å². The number of methoxy groups -OCH3 is 2. The molecular formula is C50H42F2N6O4. The Labute approximate surface area is 355 Å². The number of amides is 1. The van der Waals surface area contributed by atoms with E-state index in [9.17, 15) is 13.6 Å². The third-order valence-corrected chi connectivity index (χ3v) is 11.8. The molecule has 0 fully saturated rings. The summed E-state index contributed by atoms with van der Waals surface area (Å²) < 4.78 is 44.1. The standard InChI is InChI=1S/C29H24FN3O3.C21H18FN3O/c1-35-26-12-11-19(13-22(26)30)14-24-28-27(20-9-5-6-10-23(20)32-28)21-15-33(16-25(21)31-24)29(34)36-17-18-7-3-2-4-8-18;1-26-19-7-6-12(8-15(19)22)9-17-21-20(14-10-23-11-18(14)24-17)13-4-2-3-5-16(13)25-21/h2-13,32H,14-17H2,1H3;2-8,23,25H,9-11H2,1H3. The van der Waals surface area contributed by atoms with Crippen LogP contribution in [0.15, 0.2) is 115 Å². The van der Waals surface area contributed by atoms with E-state index in [0.717, 1.165) is 91.0 Å². The van der Waals surface area contributed by atoms with E-state index in [-0.39, 0.29) is 30.0 Å². The minimum atomic E-state index is -0.406. The average molecular weight is 829 g/mol. The number of benzene rings is 5. The second-order valence-corrected chi connectivity index (χ2v) is 15.6. The van der Waals surface area contributed by atoms with Crippen LogP contribution in [0.4, 0.5) is 13.6 Å². The molecule has 10 nitrogen and oxygen atoms in total. The molecule has 1 amide bonds. The van der Waals surface area contributed by atoms with Gasteiger partial charge in [-0.2, -0.15) is 0 Å². The maximum absolute atomic E-state index is 14.4. The molecule has 5 aromatic carbocycles. The number of nitrogens with one attached hydrogen (secondary N) is 3. The Balaban J connectivity index is 0.000000156. The maximum atomic E-state index is 14.4. The molecule has 6 heterocycles. The molecule has 0 saturated carbocycles. The van der Waals surface area contributed by atoms with Crippen LogP contribution in [0.25, 0.3) is 43.6 Å². The molecule has 0 spiro atoms. The van der Waals surface area contributed by atoms with E-state index in [4.69, 9.17) is 24.2 Å². The minimum Gasteiger partial charge on any atom is -0.494 e. The number of fused-ring (bicyclic) bond motifs is 10. The molecule has 310 valence electrons. The lowest BCUT2D eigenvalue weighted by Crippen LogP contribution is -2.26. The van der Waals surface area contributed by atoms with Crippen molar-refractivity contribution in [2.45, 2.75) is 45.6 Å². The first-order chi connectivity index (χ1) is 30.3. The first-order valence-electron chi connectivity index (χ1n) is 20.5. The summed E-state index contributed by atoms with van der Waals surface area (Å²) in [5.74, 6) is -0.284. The van der Waals surface area contributed by atoms with Crippen molar-refractivity contribution in [2.75, 3.05) is 14.2 Å². The number of rotatable bonds is 8. The van der Waals surface area contributed by atoms with Crippen LogP contribution < -0.4 is 14.8 Å². The first-order valence-corrected chi connectivity index (χ1v) is 20.5. The quantitative estimate of drug-likeness (QED) is 0.140. The topological polar surface area (TPSA) is 117 Å². The Morgan fingerprint density at radius 3 is 1.76 bits per heavy atom. The number of halogens is 2. The Kier molecular flexibility index (Phi) is 10.2. The van der Waals surface area contributed by atoms with Crippen LogP contribution >= 0.6 is 0 Å². The molecule has 0 unspecified atom stereocenters. The number of carbonyl (C=O) groups is 1. The van der Waals surface area contributed by atoms with Crippen molar-refractivity contribution in [3.63, 3.8) is 0 Å². The second kappa shape index (κ2) is 16.3. The van der Waals surface area contributed by atoms with Gasteiger partial charge in [0, 0.05) is 64.1 Å². The van der Waals surface area contributed by atoms with Crippen LogP contribution in [0.3, 0.4) is 0 Å². The van der Waals surface area contributed by atoms with Gasteiger partial charge in [-0.3, -0.25) is 14.9 Å². The first kappa shape index (κ1) is 38.9. The largest absolute Gasteiger partial charge is 0.494 e. The van der Waals surface area contributed by atoms with Crippen molar-refractivity contribution in [3.05, 3.63) is 177 Å². The Bertz CT molecular complexity index is 3160. The predicted molar refractivity (Wildman–Crippen MR) is 235 cm³/mol. The van der Waals surface area contributed by atoms with Gasteiger partial charge in [0.05, 0.1) is 61.1 Å². The molecule has 62 heavy (non-hydrogen) atoms. The van der Waals surface area contributed by atoms with Crippen LogP contribution in [0.2, 0.25) is 0 Å².